The standard InChI is InChI=1S/C34H36N4O5S.C2HF3O2/c1-43-31-13-8-25(9-14-31)12-17-33(39)38(21-18-26-10-15-32(16-11-26)44(36,41)42)24-27-4-2-5-28(22-27)29-6-3-7-30(23-29)34(40)37-20-19-35;3-2(4,5)1(6)7/h2-17,22-23H,18-21,24,35H2,1H3,(H,37,40)(H2,36,41,42);(H,6,7)/b17-12+;. The van der Waals surface area contributed by atoms with Gasteiger partial charge in [-0.3, -0.25) is 9.59 Å². The van der Waals surface area contributed by atoms with E-state index in [4.69, 9.17) is 25.5 Å². The number of carboxylic acid groups (broad SMARTS) is 1. The van der Waals surface area contributed by atoms with Gasteiger partial charge in [0.25, 0.3) is 5.91 Å². The van der Waals surface area contributed by atoms with E-state index in [9.17, 15) is 31.2 Å². The Hall–Kier alpha value is -5.51. The molecule has 0 aliphatic carbocycles. The van der Waals surface area contributed by atoms with Crippen molar-refractivity contribution in [1.82, 2.24) is 10.2 Å². The molecule has 51 heavy (non-hydrogen) atoms. The van der Waals surface area contributed by atoms with E-state index in [1.54, 1.807) is 42.4 Å². The fraction of sp³-hybridized carbons (Fsp3) is 0.194. The summed E-state index contributed by atoms with van der Waals surface area (Å²) in [5, 5.41) is 15.1. The van der Waals surface area contributed by atoms with Gasteiger partial charge in [-0.15, -0.1) is 0 Å². The highest BCUT2D eigenvalue weighted by molar-refractivity contribution is 7.89. The number of nitrogens with one attached hydrogen (secondary N) is 1. The highest BCUT2D eigenvalue weighted by Crippen LogP contribution is 2.23. The van der Waals surface area contributed by atoms with Crippen molar-refractivity contribution >= 4 is 33.9 Å². The van der Waals surface area contributed by atoms with Crippen molar-refractivity contribution < 1.29 is 45.8 Å². The number of alkyl halides is 3. The summed E-state index contributed by atoms with van der Waals surface area (Å²) in [4.78, 5) is 36.6. The average molecular weight is 727 g/mol. The van der Waals surface area contributed by atoms with Crippen LogP contribution in [0.1, 0.15) is 27.0 Å². The van der Waals surface area contributed by atoms with Crippen molar-refractivity contribution in [2.45, 2.75) is 24.0 Å². The zero-order valence-electron chi connectivity index (χ0n) is 27.5. The van der Waals surface area contributed by atoms with E-state index in [1.165, 1.54) is 12.1 Å². The topological polar surface area (TPSA) is 182 Å². The van der Waals surface area contributed by atoms with Crippen LogP contribution >= 0.6 is 0 Å². The summed E-state index contributed by atoms with van der Waals surface area (Å²) in [5.41, 5.74) is 10.5. The molecule has 6 N–H and O–H groups in total. The molecule has 2 amide bonds. The van der Waals surface area contributed by atoms with Gasteiger partial charge in [-0.05, 0) is 82.8 Å². The molecule has 0 fully saturated rings. The van der Waals surface area contributed by atoms with Crippen LogP contribution in [0.15, 0.2) is 108 Å². The summed E-state index contributed by atoms with van der Waals surface area (Å²) < 4.78 is 60.2. The predicted octanol–water partition coefficient (Wildman–Crippen LogP) is 4.62. The normalized spacial score (nSPS) is 11.3. The molecule has 0 aromatic heterocycles. The van der Waals surface area contributed by atoms with Gasteiger partial charge in [-0.1, -0.05) is 54.6 Å². The number of carboxylic acids is 1. The minimum Gasteiger partial charge on any atom is -0.497 e. The van der Waals surface area contributed by atoms with Gasteiger partial charge in [0.2, 0.25) is 15.9 Å². The van der Waals surface area contributed by atoms with Gasteiger partial charge < -0.3 is 25.8 Å². The first kappa shape index (κ1) is 39.9. The number of sulfonamides is 1. The van der Waals surface area contributed by atoms with Gasteiger partial charge in [-0.2, -0.15) is 13.2 Å². The summed E-state index contributed by atoms with van der Waals surface area (Å²) in [6.45, 7) is 1.48. The van der Waals surface area contributed by atoms with Gasteiger partial charge >= 0.3 is 12.1 Å². The number of amides is 2. The smallest absolute Gasteiger partial charge is 0.490 e. The van der Waals surface area contributed by atoms with Crippen molar-refractivity contribution in [3.05, 3.63) is 125 Å². The molecule has 270 valence electrons. The van der Waals surface area contributed by atoms with Crippen LogP contribution in [0.3, 0.4) is 0 Å². The highest BCUT2D eigenvalue weighted by atomic mass is 32.2. The molecule has 0 spiro atoms. The largest absolute Gasteiger partial charge is 0.497 e. The number of halogens is 3. The van der Waals surface area contributed by atoms with Crippen LogP contribution in [0.2, 0.25) is 0 Å². The Balaban J connectivity index is 0.000000908. The van der Waals surface area contributed by atoms with Crippen LogP contribution in [0.5, 0.6) is 5.75 Å². The molecule has 0 bridgehead atoms. The number of rotatable bonds is 13. The Bertz CT molecular complexity index is 1930. The number of nitrogens with two attached hydrogens (primary N) is 2. The van der Waals surface area contributed by atoms with Crippen molar-refractivity contribution in [2.24, 2.45) is 10.9 Å². The van der Waals surface area contributed by atoms with Crippen LogP contribution in [0.25, 0.3) is 17.2 Å². The summed E-state index contributed by atoms with van der Waals surface area (Å²) in [5.74, 6) is -2.39. The van der Waals surface area contributed by atoms with E-state index in [2.05, 4.69) is 5.32 Å². The minimum atomic E-state index is -5.08. The summed E-state index contributed by atoms with van der Waals surface area (Å²) >= 11 is 0. The maximum Gasteiger partial charge on any atom is 0.490 e. The Labute approximate surface area is 293 Å². The lowest BCUT2D eigenvalue weighted by Crippen LogP contribution is -2.31. The molecule has 0 saturated carbocycles. The lowest BCUT2D eigenvalue weighted by Gasteiger charge is -2.22. The van der Waals surface area contributed by atoms with Crippen molar-refractivity contribution in [3.63, 3.8) is 0 Å². The van der Waals surface area contributed by atoms with Crippen molar-refractivity contribution in [3.8, 4) is 16.9 Å². The maximum absolute atomic E-state index is 13.5. The van der Waals surface area contributed by atoms with Crippen LogP contribution < -0.4 is 20.9 Å². The summed E-state index contributed by atoms with van der Waals surface area (Å²) in [6.07, 6.45) is -1.28. The maximum atomic E-state index is 13.5. The number of hydrogen-bond acceptors (Lipinski definition) is 7. The van der Waals surface area contributed by atoms with Gasteiger partial charge in [0.05, 0.1) is 12.0 Å². The first-order chi connectivity index (χ1) is 24.1. The summed E-state index contributed by atoms with van der Waals surface area (Å²) in [7, 11) is -2.19. The number of ether oxygens (including phenoxy) is 1. The number of hydrogen-bond donors (Lipinski definition) is 4. The Kier molecular flexibility index (Phi) is 14.5. The zero-order valence-corrected chi connectivity index (χ0v) is 28.3. The Morgan fingerprint density at radius 1 is 0.902 bits per heavy atom. The lowest BCUT2D eigenvalue weighted by atomic mass is 10.0. The number of nitrogens with zero attached hydrogens (tertiary/aromatic N) is 1. The van der Waals surface area contributed by atoms with E-state index in [1.807, 2.05) is 66.7 Å². The number of benzene rings is 4. The second-order valence-electron chi connectivity index (χ2n) is 10.9. The number of carbonyl (C=O) groups excluding carboxylic acids is 2. The third-order valence-corrected chi connectivity index (χ3v) is 8.13. The molecule has 11 nitrogen and oxygen atoms in total. The molecular formula is C36H37F3N4O7S. The molecular weight excluding hydrogens is 689 g/mol. The van der Waals surface area contributed by atoms with Crippen LogP contribution in [0, 0.1) is 0 Å². The minimum absolute atomic E-state index is 0.0364. The fourth-order valence-electron chi connectivity index (χ4n) is 4.56. The van der Waals surface area contributed by atoms with E-state index in [-0.39, 0.29) is 16.7 Å². The third kappa shape index (κ3) is 13.0. The Morgan fingerprint density at radius 2 is 1.51 bits per heavy atom. The van der Waals surface area contributed by atoms with Crippen LogP contribution in [-0.4, -0.2) is 69.1 Å². The number of carbonyl (C=O) groups is 3. The lowest BCUT2D eigenvalue weighted by molar-refractivity contribution is -0.192. The van der Waals surface area contributed by atoms with Gasteiger partial charge in [-0.25, -0.2) is 18.4 Å². The van der Waals surface area contributed by atoms with E-state index in [0.717, 1.165) is 33.6 Å². The second-order valence-corrected chi connectivity index (χ2v) is 12.5. The van der Waals surface area contributed by atoms with Crippen LogP contribution in [-0.2, 0) is 32.6 Å². The molecule has 4 rings (SSSR count). The molecule has 4 aromatic carbocycles. The first-order valence-electron chi connectivity index (χ1n) is 15.3. The SMILES string of the molecule is COc1ccc(/C=C/C(=O)N(CCc2ccc(S(N)(=O)=O)cc2)Cc2cccc(-c3cccc(C(=O)NCCN)c3)c2)cc1.O=C(O)C(F)(F)F. The molecule has 0 unspecified atom stereocenters. The number of aliphatic carboxylic acids is 1. The second kappa shape index (κ2) is 18.5. The molecule has 0 heterocycles. The monoisotopic (exact) mass is 726 g/mol. The van der Waals surface area contributed by atoms with Crippen molar-refractivity contribution in [1.29, 1.82) is 0 Å². The quantitative estimate of drug-likeness (QED) is 0.144. The van der Waals surface area contributed by atoms with E-state index in [0.29, 0.717) is 38.2 Å². The Morgan fingerprint density at radius 3 is 2.08 bits per heavy atom. The molecule has 0 aliphatic rings. The number of methoxy groups -OCH3 is 1. The molecule has 0 saturated heterocycles. The highest BCUT2D eigenvalue weighted by Gasteiger charge is 2.38. The zero-order chi connectivity index (χ0) is 37.6. The average Bonchev–Trinajstić information content (AvgIpc) is 3.11. The summed E-state index contributed by atoms with van der Waals surface area (Å²) in [6, 6.07) is 28.9. The molecule has 0 radical (unpaired) electrons. The van der Waals surface area contributed by atoms with E-state index >= 15 is 0 Å². The molecule has 0 atom stereocenters. The van der Waals surface area contributed by atoms with Gasteiger partial charge in [0.1, 0.15) is 5.75 Å². The van der Waals surface area contributed by atoms with Crippen LogP contribution in [0.4, 0.5) is 13.2 Å². The van der Waals surface area contributed by atoms with Gasteiger partial charge in [0.15, 0.2) is 0 Å². The third-order valence-electron chi connectivity index (χ3n) is 7.20. The first-order valence-corrected chi connectivity index (χ1v) is 16.9. The molecule has 15 heteroatoms. The van der Waals surface area contributed by atoms with E-state index < -0.39 is 22.2 Å². The molecule has 0 aliphatic heterocycles. The molecule has 4 aromatic rings. The number of primary sulfonamides is 1. The van der Waals surface area contributed by atoms with Crippen molar-refractivity contribution in [2.75, 3.05) is 26.7 Å². The van der Waals surface area contributed by atoms with Gasteiger partial charge in [0, 0.05) is 37.8 Å². The fourth-order valence-corrected chi connectivity index (χ4v) is 5.08. The predicted molar refractivity (Wildman–Crippen MR) is 186 cm³/mol.